The molecule has 0 rings (SSSR count). The normalized spacial score (nSPS) is 12.6. The van der Waals surface area contributed by atoms with Crippen LogP contribution in [0.15, 0.2) is 0 Å². The van der Waals surface area contributed by atoms with Gasteiger partial charge < -0.3 is 15.6 Å². The highest BCUT2D eigenvalue weighted by molar-refractivity contribution is 5.60. The minimum Gasteiger partial charge on any atom is -0.381 e. The summed E-state index contributed by atoms with van der Waals surface area (Å²) in [7, 11) is 0. The van der Waals surface area contributed by atoms with Crippen molar-refractivity contribution in [3.63, 3.8) is 0 Å². The van der Waals surface area contributed by atoms with Gasteiger partial charge in [-0.2, -0.15) is 10.5 Å². The summed E-state index contributed by atoms with van der Waals surface area (Å²) in [5, 5.41) is 31.8. The Balaban J connectivity index is 3.14. The molecule has 2 unspecified atom stereocenters. The summed E-state index contributed by atoms with van der Waals surface area (Å²) < 4.78 is 5.72. The van der Waals surface area contributed by atoms with Gasteiger partial charge in [0.25, 0.3) is 0 Å². The van der Waals surface area contributed by atoms with E-state index in [-0.39, 0.29) is 11.8 Å². The van der Waals surface area contributed by atoms with Gasteiger partial charge >= 0.3 is 0 Å². The average molecular weight is 403 g/mol. The highest BCUT2D eigenvalue weighted by Crippen LogP contribution is 2.13. The number of unbranched alkanes of at least 4 members (excludes halogenated alkanes) is 12. The fraction of sp³-hybridized carbons (Fsp3) is 0.833. The van der Waals surface area contributed by atoms with Crippen LogP contribution in [0.5, 0.6) is 0 Å². The van der Waals surface area contributed by atoms with Crippen LogP contribution >= 0.6 is 0 Å². The van der Waals surface area contributed by atoms with Gasteiger partial charge in [0.05, 0.1) is 24.0 Å². The third kappa shape index (κ3) is 19.4. The minimum absolute atomic E-state index is 0.186. The second-order valence-corrected chi connectivity index (χ2v) is 7.94. The van der Waals surface area contributed by atoms with Crippen LogP contribution in [0.4, 0.5) is 0 Å². The molecule has 0 bridgehead atoms. The van der Waals surface area contributed by atoms with Gasteiger partial charge in [0, 0.05) is 25.6 Å². The lowest BCUT2D eigenvalue weighted by atomic mass is 10.0. The molecule has 2 N–H and O–H groups in total. The molecule has 0 aromatic carbocycles. The maximum absolute atomic E-state index is 8.77. The zero-order valence-corrected chi connectivity index (χ0v) is 18.3. The van der Waals surface area contributed by atoms with Gasteiger partial charge in [0.2, 0.25) is 0 Å². The van der Waals surface area contributed by atoms with Gasteiger partial charge in [-0.15, -0.1) is 0 Å². The Morgan fingerprint density at radius 3 is 1.17 bits per heavy atom. The molecule has 0 aromatic rings. The van der Waals surface area contributed by atoms with Gasteiger partial charge in [0.1, 0.15) is 0 Å². The highest BCUT2D eigenvalue weighted by atomic mass is 16.5. The molecule has 0 saturated carbocycles. The van der Waals surface area contributed by atoms with Crippen molar-refractivity contribution >= 4 is 12.4 Å². The summed E-state index contributed by atoms with van der Waals surface area (Å²) in [4.78, 5) is 0. The summed E-state index contributed by atoms with van der Waals surface area (Å²) in [5.41, 5.74) is 0. The second-order valence-electron chi connectivity index (χ2n) is 7.94. The van der Waals surface area contributed by atoms with Crippen molar-refractivity contribution in [3.8, 4) is 12.1 Å². The van der Waals surface area contributed by atoms with Gasteiger partial charge in [0.15, 0.2) is 0 Å². The van der Waals surface area contributed by atoms with E-state index in [2.05, 4.69) is 12.1 Å². The van der Waals surface area contributed by atoms with E-state index in [1.54, 1.807) is 0 Å². The van der Waals surface area contributed by atoms with E-state index < -0.39 is 0 Å². The number of ether oxygens (including phenoxy) is 1. The zero-order chi connectivity index (χ0) is 21.4. The number of rotatable bonds is 22. The lowest BCUT2D eigenvalue weighted by molar-refractivity contribution is 0.125. The van der Waals surface area contributed by atoms with Crippen molar-refractivity contribution < 1.29 is 4.74 Å². The molecule has 0 spiro atoms. The van der Waals surface area contributed by atoms with Crippen LogP contribution in [0.3, 0.4) is 0 Å². The lowest BCUT2D eigenvalue weighted by Crippen LogP contribution is -1.98. The van der Waals surface area contributed by atoms with Crippen molar-refractivity contribution in [3.05, 3.63) is 0 Å². The van der Waals surface area contributed by atoms with Crippen molar-refractivity contribution in [2.24, 2.45) is 11.8 Å². The Labute approximate surface area is 178 Å². The maximum Gasteiger partial charge on any atom is 0.0808 e. The molecule has 29 heavy (non-hydrogen) atoms. The molecule has 0 heterocycles. The Morgan fingerprint density at radius 1 is 0.552 bits per heavy atom. The fourth-order valence-corrected chi connectivity index (χ4v) is 3.38. The molecule has 0 saturated heterocycles. The smallest absolute Gasteiger partial charge is 0.0808 e. The number of nitrogens with one attached hydrogen (secondary N) is 2. The quantitative estimate of drug-likeness (QED) is 0.153. The Kier molecular flexibility index (Phi) is 21.2. The van der Waals surface area contributed by atoms with E-state index in [1.807, 2.05) is 0 Å². The molecule has 2 atom stereocenters. The fourth-order valence-electron chi connectivity index (χ4n) is 3.38. The molecule has 0 amide bonds. The largest absolute Gasteiger partial charge is 0.381 e. The summed E-state index contributed by atoms with van der Waals surface area (Å²) >= 11 is 0. The molecule has 0 fully saturated rings. The summed E-state index contributed by atoms with van der Waals surface area (Å²) in [6, 6.07) is 4.29. The van der Waals surface area contributed by atoms with Crippen molar-refractivity contribution in [1.82, 2.24) is 0 Å². The monoisotopic (exact) mass is 402 g/mol. The molecule has 5 heteroatoms. The van der Waals surface area contributed by atoms with E-state index in [1.165, 1.54) is 76.6 Å². The number of nitrogens with zero attached hydrogens (tertiary/aromatic N) is 2. The van der Waals surface area contributed by atoms with Crippen LogP contribution in [0.2, 0.25) is 0 Å². The molecule has 0 aliphatic rings. The van der Waals surface area contributed by atoms with E-state index in [4.69, 9.17) is 26.1 Å². The van der Waals surface area contributed by atoms with Gasteiger partial charge in [-0.1, -0.05) is 77.0 Å². The Hall–Kier alpha value is -1.72. The predicted molar refractivity (Wildman–Crippen MR) is 120 cm³/mol. The van der Waals surface area contributed by atoms with Crippen molar-refractivity contribution in [1.29, 1.82) is 21.3 Å². The van der Waals surface area contributed by atoms with Crippen LogP contribution < -0.4 is 0 Å². The summed E-state index contributed by atoms with van der Waals surface area (Å²) in [6.45, 7) is 1.77. The van der Waals surface area contributed by atoms with Gasteiger partial charge in [-0.25, -0.2) is 0 Å². The van der Waals surface area contributed by atoms with Crippen molar-refractivity contribution in [2.45, 2.75) is 103 Å². The second kappa shape index (κ2) is 22.6. The van der Waals surface area contributed by atoms with E-state index in [0.717, 1.165) is 51.7 Å². The molecule has 0 aliphatic heterocycles. The van der Waals surface area contributed by atoms with Crippen molar-refractivity contribution in [2.75, 3.05) is 13.2 Å². The first kappa shape index (κ1) is 27.3. The van der Waals surface area contributed by atoms with E-state index in [9.17, 15) is 0 Å². The first-order valence-corrected chi connectivity index (χ1v) is 11.7. The van der Waals surface area contributed by atoms with Crippen LogP contribution in [-0.4, -0.2) is 25.6 Å². The molecular formula is C24H42N4O. The molecule has 0 aromatic heterocycles. The van der Waals surface area contributed by atoms with Crippen LogP contribution in [0.1, 0.15) is 103 Å². The number of hydrogen-bond donors (Lipinski definition) is 2. The standard InChI is InChI=1S/C24H42N4O/c25-19-23(20-26)15-11-7-3-1-5-9-13-17-29-18-14-10-6-2-4-8-12-16-24(21-27)22-28/h19,21,23-25,27H,1-18H2. The third-order valence-corrected chi connectivity index (χ3v) is 5.34. The summed E-state index contributed by atoms with van der Waals surface area (Å²) in [5.74, 6) is -0.373. The Bertz CT molecular complexity index is 424. The topological polar surface area (TPSA) is 105 Å². The third-order valence-electron chi connectivity index (χ3n) is 5.34. The van der Waals surface area contributed by atoms with Crippen LogP contribution in [0.25, 0.3) is 0 Å². The molecule has 0 aliphatic carbocycles. The van der Waals surface area contributed by atoms with Gasteiger partial charge in [-0.3, -0.25) is 0 Å². The lowest BCUT2D eigenvalue weighted by Gasteiger charge is -2.06. The molecule has 0 radical (unpaired) electrons. The molecular weight excluding hydrogens is 360 g/mol. The minimum atomic E-state index is -0.186. The van der Waals surface area contributed by atoms with Crippen LogP contribution in [-0.2, 0) is 4.74 Å². The van der Waals surface area contributed by atoms with Crippen LogP contribution in [0, 0.1) is 45.3 Å². The summed E-state index contributed by atoms with van der Waals surface area (Å²) in [6.07, 6.45) is 21.0. The first-order chi connectivity index (χ1) is 14.3. The maximum atomic E-state index is 8.77. The first-order valence-electron chi connectivity index (χ1n) is 11.7. The SMILES string of the molecule is N#CC(C=N)CCCCCCCCCOCCCCCCCCCC(C#N)C=N. The molecule has 5 nitrogen and oxygen atoms in total. The predicted octanol–water partition coefficient (Wildman–Crippen LogP) is 6.82. The number of hydrogen-bond acceptors (Lipinski definition) is 5. The zero-order valence-electron chi connectivity index (χ0n) is 18.3. The molecule has 164 valence electrons. The van der Waals surface area contributed by atoms with Gasteiger partial charge in [-0.05, 0) is 25.7 Å². The average Bonchev–Trinajstić information content (AvgIpc) is 2.75. The highest BCUT2D eigenvalue weighted by Gasteiger charge is 2.03. The Morgan fingerprint density at radius 2 is 0.862 bits per heavy atom. The van der Waals surface area contributed by atoms with E-state index >= 15 is 0 Å². The van der Waals surface area contributed by atoms with E-state index in [0.29, 0.717) is 0 Å². The number of nitriles is 2.